The van der Waals surface area contributed by atoms with Crippen LogP contribution in [0.25, 0.3) is 0 Å². The highest BCUT2D eigenvalue weighted by Crippen LogP contribution is 2.31. The van der Waals surface area contributed by atoms with E-state index in [4.69, 9.17) is 0 Å². The second-order valence-electron chi connectivity index (χ2n) is 5.54. The van der Waals surface area contributed by atoms with Gasteiger partial charge in [0, 0.05) is 42.3 Å². The number of hydrogen-bond donors (Lipinski definition) is 1. The fourth-order valence-corrected chi connectivity index (χ4v) is 3.30. The Labute approximate surface area is 147 Å². The quantitative estimate of drug-likeness (QED) is 0.535. The number of halogens is 3. The zero-order valence-electron chi connectivity index (χ0n) is 12.9. The lowest BCUT2D eigenvalue weighted by molar-refractivity contribution is 0.159. The van der Waals surface area contributed by atoms with Gasteiger partial charge in [0.25, 0.3) is 0 Å². The summed E-state index contributed by atoms with van der Waals surface area (Å²) in [7, 11) is 0. The Hall–Kier alpha value is -0.420. The van der Waals surface area contributed by atoms with Gasteiger partial charge in [-0.15, -0.1) is 19.0 Å². The van der Waals surface area contributed by atoms with Crippen LogP contribution in [-0.4, -0.2) is 31.1 Å². The van der Waals surface area contributed by atoms with Crippen molar-refractivity contribution in [2.45, 2.75) is 31.7 Å². The first-order valence-electron chi connectivity index (χ1n) is 7.73. The van der Waals surface area contributed by atoms with Crippen LogP contribution in [0.1, 0.15) is 37.3 Å². The van der Waals surface area contributed by atoms with Crippen LogP contribution in [0.3, 0.4) is 0 Å². The fraction of sp³-hybridized carbons (Fsp3) is 0.529. The third kappa shape index (κ3) is 5.65. The number of piperazine rings is 1. The maximum atomic E-state index is 14.3. The van der Waals surface area contributed by atoms with Crippen LogP contribution in [0.15, 0.2) is 35.3 Å². The molecule has 0 aliphatic carbocycles. The highest BCUT2D eigenvalue weighted by molar-refractivity contribution is 9.10. The smallest absolute Gasteiger partial charge is 0.128 e. The van der Waals surface area contributed by atoms with Crippen molar-refractivity contribution >= 4 is 28.3 Å². The molecule has 0 saturated carbocycles. The summed E-state index contributed by atoms with van der Waals surface area (Å²) in [6, 6.07) is 5.45. The molecule has 0 unspecified atom stereocenters. The summed E-state index contributed by atoms with van der Waals surface area (Å²) in [5, 5.41) is 3.37. The molecule has 2 rings (SSSR count). The van der Waals surface area contributed by atoms with Gasteiger partial charge in [-0.3, -0.25) is 4.90 Å². The van der Waals surface area contributed by atoms with Crippen molar-refractivity contribution in [1.82, 2.24) is 10.2 Å². The van der Waals surface area contributed by atoms with Gasteiger partial charge in [0.15, 0.2) is 0 Å². The molecule has 1 N–H and O–H groups in total. The van der Waals surface area contributed by atoms with Gasteiger partial charge in [-0.2, -0.15) is 0 Å². The van der Waals surface area contributed by atoms with Crippen molar-refractivity contribution in [2.24, 2.45) is 0 Å². The lowest BCUT2D eigenvalue weighted by Crippen LogP contribution is -2.45. The summed E-state index contributed by atoms with van der Waals surface area (Å²) in [6.45, 7) is 7.70. The summed E-state index contributed by atoms with van der Waals surface area (Å²) in [6.07, 6.45) is 6.23. The van der Waals surface area contributed by atoms with E-state index in [0.717, 1.165) is 61.9 Å². The first-order chi connectivity index (χ1) is 10.2. The normalized spacial score (nSPS) is 16.8. The molecule has 1 aromatic carbocycles. The van der Waals surface area contributed by atoms with E-state index >= 15 is 0 Å². The molecule has 1 heterocycles. The number of rotatable bonds is 7. The number of nitrogens with zero attached hydrogens (tertiary/aromatic N) is 1. The summed E-state index contributed by atoms with van der Waals surface area (Å²) in [4.78, 5) is 2.41. The molecule has 1 aliphatic rings. The lowest BCUT2D eigenvalue weighted by atomic mass is 9.97. The predicted octanol–water partition coefficient (Wildman–Crippen LogP) is 4.70. The monoisotopic (exact) mass is 390 g/mol. The number of benzene rings is 1. The zero-order chi connectivity index (χ0) is 15.1. The highest BCUT2D eigenvalue weighted by atomic mass is 79.9. The molecular weight excluding hydrogens is 367 g/mol. The van der Waals surface area contributed by atoms with Crippen molar-refractivity contribution in [3.8, 4) is 0 Å². The Bertz CT molecular complexity index is 464. The van der Waals surface area contributed by atoms with Gasteiger partial charge in [0.05, 0.1) is 0 Å². The molecule has 0 radical (unpaired) electrons. The topological polar surface area (TPSA) is 15.3 Å². The van der Waals surface area contributed by atoms with Crippen molar-refractivity contribution in [1.29, 1.82) is 0 Å². The predicted molar refractivity (Wildman–Crippen MR) is 97.2 cm³/mol. The Kier molecular flexibility index (Phi) is 9.25. The Balaban J connectivity index is 0.00000242. The molecule has 1 aliphatic heterocycles. The summed E-state index contributed by atoms with van der Waals surface area (Å²) in [5.74, 6) is -0.0922. The van der Waals surface area contributed by atoms with Gasteiger partial charge in [-0.25, -0.2) is 4.39 Å². The summed E-state index contributed by atoms with van der Waals surface area (Å²) >= 11 is 3.47. The minimum atomic E-state index is -0.0922. The van der Waals surface area contributed by atoms with E-state index in [1.807, 2.05) is 12.1 Å². The highest BCUT2D eigenvalue weighted by Gasteiger charge is 2.24. The van der Waals surface area contributed by atoms with Crippen molar-refractivity contribution in [3.63, 3.8) is 0 Å². The van der Waals surface area contributed by atoms with Crippen molar-refractivity contribution < 1.29 is 4.39 Å². The Morgan fingerprint density at radius 2 is 2.05 bits per heavy atom. The average Bonchev–Trinajstić information content (AvgIpc) is 2.51. The molecule has 1 saturated heterocycles. The average molecular weight is 392 g/mol. The molecule has 1 aromatic rings. The van der Waals surface area contributed by atoms with Gasteiger partial charge in [-0.05, 0) is 37.5 Å². The third-order valence-corrected chi connectivity index (χ3v) is 4.54. The van der Waals surface area contributed by atoms with E-state index in [0.29, 0.717) is 0 Å². The molecule has 5 heteroatoms. The molecule has 0 aromatic heterocycles. The fourth-order valence-electron chi connectivity index (χ4n) is 2.92. The van der Waals surface area contributed by atoms with Gasteiger partial charge >= 0.3 is 0 Å². The first kappa shape index (κ1) is 19.6. The van der Waals surface area contributed by atoms with Gasteiger partial charge in [-0.1, -0.05) is 28.4 Å². The van der Waals surface area contributed by atoms with Crippen molar-refractivity contribution in [2.75, 3.05) is 26.2 Å². The number of hydrogen-bond acceptors (Lipinski definition) is 2. The van der Waals surface area contributed by atoms with Crippen molar-refractivity contribution in [3.05, 3.63) is 46.7 Å². The molecule has 124 valence electrons. The van der Waals surface area contributed by atoms with Gasteiger partial charge in [0.1, 0.15) is 5.82 Å². The Morgan fingerprint density at radius 1 is 1.32 bits per heavy atom. The minimum Gasteiger partial charge on any atom is -0.314 e. The van der Waals surface area contributed by atoms with E-state index in [9.17, 15) is 4.39 Å². The van der Waals surface area contributed by atoms with E-state index in [1.165, 1.54) is 0 Å². The molecule has 22 heavy (non-hydrogen) atoms. The van der Waals surface area contributed by atoms with E-state index in [1.54, 1.807) is 12.1 Å². The van der Waals surface area contributed by atoms with Crippen LogP contribution in [0.5, 0.6) is 0 Å². The molecule has 1 fully saturated rings. The van der Waals surface area contributed by atoms with Crippen LogP contribution >= 0.6 is 28.3 Å². The first-order valence-corrected chi connectivity index (χ1v) is 8.52. The number of unbranched alkanes of at least 4 members (excludes halogenated alkanes) is 2. The van der Waals surface area contributed by atoms with Gasteiger partial charge < -0.3 is 5.32 Å². The maximum absolute atomic E-state index is 14.3. The van der Waals surface area contributed by atoms with Crippen LogP contribution in [0, 0.1) is 5.82 Å². The summed E-state index contributed by atoms with van der Waals surface area (Å²) in [5.41, 5.74) is 0.824. The molecule has 1 atom stereocenters. The van der Waals surface area contributed by atoms with Crippen LogP contribution < -0.4 is 5.32 Å². The Morgan fingerprint density at radius 3 is 2.73 bits per heavy atom. The SMILES string of the molecule is C=CCCCC[C@@H](c1cc(Br)ccc1F)N1CCNCC1.Cl. The molecule has 0 bridgehead atoms. The molecular formula is C17H25BrClFN2. The zero-order valence-corrected chi connectivity index (χ0v) is 15.3. The maximum Gasteiger partial charge on any atom is 0.128 e. The lowest BCUT2D eigenvalue weighted by Gasteiger charge is -2.35. The van der Waals surface area contributed by atoms with E-state index in [2.05, 4.69) is 32.7 Å². The van der Waals surface area contributed by atoms with E-state index < -0.39 is 0 Å². The summed E-state index contributed by atoms with van der Waals surface area (Å²) < 4.78 is 15.2. The third-order valence-electron chi connectivity index (χ3n) is 4.05. The van der Waals surface area contributed by atoms with Crippen LogP contribution in [0.4, 0.5) is 4.39 Å². The van der Waals surface area contributed by atoms with Gasteiger partial charge in [0.2, 0.25) is 0 Å². The molecule has 2 nitrogen and oxygen atoms in total. The minimum absolute atomic E-state index is 0. The van der Waals surface area contributed by atoms with Crippen LogP contribution in [-0.2, 0) is 0 Å². The van der Waals surface area contributed by atoms with E-state index in [-0.39, 0.29) is 24.3 Å². The molecule has 0 amide bonds. The number of nitrogens with one attached hydrogen (secondary N) is 1. The standard InChI is InChI=1S/C17H24BrFN2.ClH/c1-2-3-4-5-6-17(21-11-9-20-10-12-21)15-13-14(18)7-8-16(15)19;/h2,7-8,13,17,20H,1,3-6,9-12H2;1H/t17-;/m0./s1. The number of allylic oxidation sites excluding steroid dienone is 1. The second kappa shape index (κ2) is 10.4. The second-order valence-corrected chi connectivity index (χ2v) is 6.46. The molecule has 0 spiro atoms. The largest absolute Gasteiger partial charge is 0.314 e. The van der Waals surface area contributed by atoms with Crippen LogP contribution in [0.2, 0.25) is 0 Å².